The highest BCUT2D eigenvalue weighted by molar-refractivity contribution is 6.32. The zero-order valence-electron chi connectivity index (χ0n) is 9.71. The van der Waals surface area contributed by atoms with E-state index in [-0.39, 0.29) is 11.4 Å². The number of fused-ring (bicyclic) bond motifs is 1. The quantitative estimate of drug-likeness (QED) is 0.593. The second-order valence-corrected chi connectivity index (χ2v) is 4.13. The molecule has 0 radical (unpaired) electrons. The van der Waals surface area contributed by atoms with Crippen LogP contribution in [-0.4, -0.2) is 22.7 Å². The Balaban J connectivity index is 2.36. The highest BCUT2D eigenvalue weighted by atomic mass is 16.2. The molecule has 0 fully saturated rings. The van der Waals surface area contributed by atoms with Crippen LogP contribution in [0, 0.1) is 0 Å². The van der Waals surface area contributed by atoms with E-state index >= 15 is 0 Å². The summed E-state index contributed by atoms with van der Waals surface area (Å²) in [4.78, 5) is 34.2. The second-order valence-electron chi connectivity index (χ2n) is 4.13. The average Bonchev–Trinajstić information content (AvgIpc) is 2.88. The molecule has 1 aromatic carbocycles. The fourth-order valence-electron chi connectivity index (χ4n) is 2.18. The summed E-state index contributed by atoms with van der Waals surface area (Å²) in [6.07, 6.45) is 2.20. The molecule has 94 valence electrons. The van der Waals surface area contributed by atoms with E-state index < -0.39 is 11.8 Å². The molecule has 2 amide bonds. The third kappa shape index (κ3) is 1.46. The predicted octanol–water partition coefficient (Wildman–Crippen LogP) is 0.237. The molecule has 0 atom stereocenters. The standard InChI is InChI=1S/C13H9N3O3/c14-10-11(13(19)15-12(10)18)16-5-7(6-17)8-3-1-2-4-9(8)16/h1-6H,(H3,14,15,18,19). The van der Waals surface area contributed by atoms with Crippen molar-refractivity contribution in [3.05, 3.63) is 41.7 Å². The van der Waals surface area contributed by atoms with Crippen molar-refractivity contribution in [2.75, 3.05) is 0 Å². The number of carbonyl (C=O) groups excluding carboxylic acids is 3. The molecule has 0 bridgehead atoms. The minimum Gasteiger partial charge on any atom is -0.392 e. The molecule has 0 saturated carbocycles. The summed E-state index contributed by atoms with van der Waals surface area (Å²) in [5.41, 5.74) is 6.60. The SMILES string of the molecule is NC1=C(n2cc(C=O)c3ccccc32)C(=O)NC1=O. The van der Waals surface area contributed by atoms with Crippen LogP contribution in [-0.2, 0) is 9.59 Å². The molecule has 2 heterocycles. The lowest BCUT2D eigenvalue weighted by molar-refractivity contribution is -0.123. The van der Waals surface area contributed by atoms with Gasteiger partial charge in [0.1, 0.15) is 11.4 Å². The maximum Gasteiger partial charge on any atom is 0.277 e. The zero-order chi connectivity index (χ0) is 13.6. The summed E-state index contributed by atoms with van der Waals surface area (Å²) in [5, 5.41) is 2.82. The van der Waals surface area contributed by atoms with Gasteiger partial charge in [0, 0.05) is 17.1 Å². The van der Waals surface area contributed by atoms with Crippen LogP contribution in [0.1, 0.15) is 10.4 Å². The molecule has 1 aliphatic heterocycles. The smallest absolute Gasteiger partial charge is 0.277 e. The van der Waals surface area contributed by atoms with Crippen molar-refractivity contribution >= 4 is 34.7 Å². The van der Waals surface area contributed by atoms with Crippen LogP contribution in [0.2, 0.25) is 0 Å². The number of aldehydes is 1. The number of nitrogens with one attached hydrogen (secondary N) is 1. The van der Waals surface area contributed by atoms with Gasteiger partial charge in [0.25, 0.3) is 11.8 Å². The van der Waals surface area contributed by atoms with Crippen molar-refractivity contribution < 1.29 is 14.4 Å². The fraction of sp³-hybridized carbons (Fsp3) is 0. The summed E-state index contributed by atoms with van der Waals surface area (Å²) in [7, 11) is 0. The van der Waals surface area contributed by atoms with Crippen molar-refractivity contribution in [1.82, 2.24) is 9.88 Å². The molecule has 1 aromatic heterocycles. The normalized spacial score (nSPS) is 15.2. The number of nitrogens with zero attached hydrogens (tertiary/aromatic N) is 1. The van der Waals surface area contributed by atoms with Gasteiger partial charge in [0.05, 0.1) is 5.52 Å². The number of benzene rings is 1. The molecule has 19 heavy (non-hydrogen) atoms. The first kappa shape index (κ1) is 11.2. The van der Waals surface area contributed by atoms with E-state index in [0.29, 0.717) is 22.8 Å². The van der Waals surface area contributed by atoms with E-state index in [9.17, 15) is 14.4 Å². The molecular weight excluding hydrogens is 246 g/mol. The van der Waals surface area contributed by atoms with Crippen LogP contribution < -0.4 is 11.1 Å². The zero-order valence-corrected chi connectivity index (χ0v) is 9.71. The highest BCUT2D eigenvalue weighted by Crippen LogP contribution is 2.25. The molecule has 6 nitrogen and oxygen atoms in total. The van der Waals surface area contributed by atoms with Crippen LogP contribution in [0.5, 0.6) is 0 Å². The summed E-state index contributed by atoms with van der Waals surface area (Å²) < 4.78 is 1.47. The van der Waals surface area contributed by atoms with Gasteiger partial charge in [-0.3, -0.25) is 19.7 Å². The first-order valence-corrected chi connectivity index (χ1v) is 5.54. The van der Waals surface area contributed by atoms with Gasteiger partial charge in [-0.05, 0) is 6.07 Å². The summed E-state index contributed by atoms with van der Waals surface area (Å²) in [5.74, 6) is -1.19. The Morgan fingerprint density at radius 2 is 1.89 bits per heavy atom. The monoisotopic (exact) mass is 255 g/mol. The topological polar surface area (TPSA) is 94.2 Å². The lowest BCUT2D eigenvalue weighted by Gasteiger charge is -2.04. The Labute approximate surface area is 107 Å². The van der Waals surface area contributed by atoms with E-state index in [1.54, 1.807) is 24.3 Å². The molecule has 0 unspecified atom stereocenters. The van der Waals surface area contributed by atoms with Crippen molar-refractivity contribution in [3.63, 3.8) is 0 Å². The van der Waals surface area contributed by atoms with Gasteiger partial charge in [-0.15, -0.1) is 0 Å². The van der Waals surface area contributed by atoms with Crippen LogP contribution >= 0.6 is 0 Å². The molecule has 1 aliphatic rings. The average molecular weight is 255 g/mol. The number of rotatable bonds is 2. The number of carbonyl (C=O) groups is 3. The van der Waals surface area contributed by atoms with E-state index in [4.69, 9.17) is 5.73 Å². The van der Waals surface area contributed by atoms with Gasteiger partial charge in [-0.2, -0.15) is 0 Å². The van der Waals surface area contributed by atoms with E-state index in [1.165, 1.54) is 10.8 Å². The number of hydrogen-bond acceptors (Lipinski definition) is 4. The molecular formula is C13H9N3O3. The van der Waals surface area contributed by atoms with Gasteiger partial charge in [0.2, 0.25) is 0 Å². The molecule has 2 aromatic rings. The molecule has 0 saturated heterocycles. The van der Waals surface area contributed by atoms with Crippen LogP contribution in [0.3, 0.4) is 0 Å². The molecule has 3 N–H and O–H groups in total. The Morgan fingerprint density at radius 1 is 1.16 bits per heavy atom. The van der Waals surface area contributed by atoms with Crippen molar-refractivity contribution in [2.24, 2.45) is 5.73 Å². The third-order valence-corrected chi connectivity index (χ3v) is 3.05. The van der Waals surface area contributed by atoms with Crippen molar-refractivity contribution in [1.29, 1.82) is 0 Å². The molecule has 6 heteroatoms. The maximum atomic E-state index is 11.8. The second kappa shape index (κ2) is 3.81. The Morgan fingerprint density at radius 3 is 2.53 bits per heavy atom. The summed E-state index contributed by atoms with van der Waals surface area (Å²) in [6.45, 7) is 0. The fourth-order valence-corrected chi connectivity index (χ4v) is 2.18. The van der Waals surface area contributed by atoms with Gasteiger partial charge in [-0.25, -0.2) is 0 Å². The molecule has 3 rings (SSSR count). The highest BCUT2D eigenvalue weighted by Gasteiger charge is 2.30. The lowest BCUT2D eigenvalue weighted by atomic mass is 10.2. The Bertz CT molecular complexity index is 771. The lowest BCUT2D eigenvalue weighted by Crippen LogP contribution is -2.24. The van der Waals surface area contributed by atoms with E-state index in [2.05, 4.69) is 5.32 Å². The van der Waals surface area contributed by atoms with Gasteiger partial charge in [-0.1, -0.05) is 18.2 Å². The number of aromatic nitrogens is 1. The van der Waals surface area contributed by atoms with Gasteiger partial charge >= 0.3 is 0 Å². The largest absolute Gasteiger partial charge is 0.392 e. The molecule has 0 aliphatic carbocycles. The third-order valence-electron chi connectivity index (χ3n) is 3.05. The molecule has 0 spiro atoms. The first-order chi connectivity index (χ1) is 9.13. The minimum absolute atomic E-state index is 0.0503. The number of para-hydroxylation sites is 1. The van der Waals surface area contributed by atoms with Gasteiger partial charge < -0.3 is 10.3 Å². The van der Waals surface area contributed by atoms with Crippen molar-refractivity contribution in [3.8, 4) is 0 Å². The first-order valence-electron chi connectivity index (χ1n) is 5.54. The summed E-state index contributed by atoms with van der Waals surface area (Å²) >= 11 is 0. The van der Waals surface area contributed by atoms with Crippen LogP contribution in [0.4, 0.5) is 0 Å². The minimum atomic E-state index is -0.620. The Kier molecular flexibility index (Phi) is 2.25. The number of hydrogen-bond donors (Lipinski definition) is 2. The maximum absolute atomic E-state index is 11.8. The van der Waals surface area contributed by atoms with E-state index in [1.807, 2.05) is 0 Å². The number of nitrogens with two attached hydrogens (primary N) is 1. The van der Waals surface area contributed by atoms with Crippen LogP contribution in [0.25, 0.3) is 16.6 Å². The number of amides is 2. The summed E-state index contributed by atoms with van der Waals surface area (Å²) in [6, 6.07) is 7.08. The van der Waals surface area contributed by atoms with Gasteiger partial charge in [0.15, 0.2) is 6.29 Å². The Hall–Kier alpha value is -2.89. The number of imide groups is 1. The van der Waals surface area contributed by atoms with Crippen molar-refractivity contribution in [2.45, 2.75) is 0 Å². The van der Waals surface area contributed by atoms with E-state index in [0.717, 1.165) is 0 Å². The predicted molar refractivity (Wildman–Crippen MR) is 67.9 cm³/mol. The van der Waals surface area contributed by atoms with Crippen LogP contribution in [0.15, 0.2) is 36.2 Å².